The molecule has 4 rings (SSSR count). The van der Waals surface area contributed by atoms with Crippen LogP contribution in [0.4, 0.5) is 19.3 Å². The lowest BCUT2D eigenvalue weighted by molar-refractivity contribution is 0.0986. The second kappa shape index (κ2) is 8.11. The monoisotopic (exact) mass is 414 g/mol. The predicted molar refractivity (Wildman–Crippen MR) is 108 cm³/mol. The summed E-state index contributed by atoms with van der Waals surface area (Å²) in [5.74, 6) is 1.74. The Labute approximate surface area is 171 Å². The zero-order valence-corrected chi connectivity index (χ0v) is 16.2. The Morgan fingerprint density at radius 2 is 2.07 bits per heavy atom. The fraction of sp³-hybridized carbons (Fsp3) is 0.238. The number of carbonyl (C=O) groups excluding carboxylic acids is 1. The Bertz CT molecular complexity index is 1110. The Balaban J connectivity index is 1.66. The van der Waals surface area contributed by atoms with E-state index in [9.17, 15) is 13.6 Å². The molecule has 0 radical (unpaired) electrons. The third kappa shape index (κ3) is 3.84. The number of ether oxygens (including phenoxy) is 2. The Kier molecular flexibility index (Phi) is 5.37. The Morgan fingerprint density at radius 1 is 1.23 bits per heavy atom. The van der Waals surface area contributed by atoms with Crippen molar-refractivity contribution in [3.05, 3.63) is 53.7 Å². The third-order valence-corrected chi connectivity index (χ3v) is 4.88. The number of nitrogens with zero attached hydrogens (tertiary/aromatic N) is 2. The van der Waals surface area contributed by atoms with E-state index in [0.29, 0.717) is 40.6 Å². The van der Waals surface area contributed by atoms with Gasteiger partial charge in [-0.3, -0.25) is 4.98 Å². The third-order valence-electron chi connectivity index (χ3n) is 4.88. The van der Waals surface area contributed by atoms with E-state index in [1.54, 1.807) is 43.6 Å². The van der Waals surface area contributed by atoms with Crippen molar-refractivity contribution in [3.63, 3.8) is 0 Å². The van der Waals surface area contributed by atoms with Crippen LogP contribution in [0.1, 0.15) is 11.1 Å². The summed E-state index contributed by atoms with van der Waals surface area (Å²) >= 11 is 0. The summed E-state index contributed by atoms with van der Waals surface area (Å²) in [7, 11) is 1.57. The van der Waals surface area contributed by atoms with Crippen LogP contribution in [0, 0.1) is 0 Å². The maximum Gasteiger partial charge on any atom is 0.322 e. The maximum atomic E-state index is 12.7. The summed E-state index contributed by atoms with van der Waals surface area (Å²) in [6.45, 7) is -0.255. The lowest BCUT2D eigenvalue weighted by Gasteiger charge is -2.29. The summed E-state index contributed by atoms with van der Waals surface area (Å²) in [6.07, 6.45) is -0.976. The average Bonchev–Trinajstić information content (AvgIpc) is 2.73. The number of hydrogen-bond acceptors (Lipinski definition) is 5. The summed E-state index contributed by atoms with van der Waals surface area (Å²) in [6, 6.07) is 10.0. The fourth-order valence-electron chi connectivity index (χ4n) is 3.43. The molecule has 2 aromatic carbocycles. The van der Waals surface area contributed by atoms with Gasteiger partial charge in [0, 0.05) is 42.0 Å². The van der Waals surface area contributed by atoms with Gasteiger partial charge in [-0.05, 0) is 35.9 Å². The normalized spacial score (nSPS) is 13.4. The van der Waals surface area contributed by atoms with Crippen LogP contribution < -0.4 is 20.5 Å². The van der Waals surface area contributed by atoms with E-state index in [1.165, 1.54) is 0 Å². The number of fused-ring (bicyclic) bond motifs is 2. The van der Waals surface area contributed by atoms with Crippen LogP contribution in [0.15, 0.2) is 42.6 Å². The second-order valence-electron chi connectivity index (χ2n) is 6.82. The molecule has 1 aliphatic heterocycles. The SMILES string of the molecule is COc1cc2nccc(Oc3ccc4c(c3)CN(CC(F)F)C(=O)N4)c2cc1CN. The van der Waals surface area contributed by atoms with Crippen LogP contribution in [0.5, 0.6) is 17.2 Å². The van der Waals surface area contributed by atoms with Gasteiger partial charge in [0.15, 0.2) is 0 Å². The molecule has 7 nitrogen and oxygen atoms in total. The number of carbonyl (C=O) groups is 1. The molecular formula is C21H20F2N4O3. The number of hydrogen-bond donors (Lipinski definition) is 2. The van der Waals surface area contributed by atoms with Gasteiger partial charge in [-0.1, -0.05) is 0 Å². The molecule has 2 amide bonds. The lowest BCUT2D eigenvalue weighted by Crippen LogP contribution is -2.41. The number of alkyl halides is 2. The number of nitrogens with one attached hydrogen (secondary N) is 1. The molecule has 0 fully saturated rings. The molecule has 0 bridgehead atoms. The number of methoxy groups -OCH3 is 1. The van der Waals surface area contributed by atoms with Crippen molar-refractivity contribution < 1.29 is 23.0 Å². The second-order valence-corrected chi connectivity index (χ2v) is 6.82. The largest absolute Gasteiger partial charge is 0.496 e. The van der Waals surface area contributed by atoms with Crippen LogP contribution in [0.2, 0.25) is 0 Å². The van der Waals surface area contributed by atoms with Crippen LogP contribution in [0.3, 0.4) is 0 Å². The van der Waals surface area contributed by atoms with Crippen molar-refractivity contribution in [2.45, 2.75) is 19.5 Å². The summed E-state index contributed by atoms with van der Waals surface area (Å²) in [5.41, 5.74) is 8.60. The summed E-state index contributed by atoms with van der Waals surface area (Å²) in [4.78, 5) is 17.4. The molecule has 0 spiro atoms. The molecule has 9 heteroatoms. The van der Waals surface area contributed by atoms with Crippen LogP contribution in [-0.2, 0) is 13.1 Å². The van der Waals surface area contributed by atoms with Gasteiger partial charge in [0.2, 0.25) is 0 Å². The van der Waals surface area contributed by atoms with E-state index in [2.05, 4.69) is 10.3 Å². The van der Waals surface area contributed by atoms with E-state index in [-0.39, 0.29) is 6.54 Å². The molecule has 3 aromatic rings. The highest BCUT2D eigenvalue weighted by molar-refractivity contribution is 5.92. The highest BCUT2D eigenvalue weighted by Crippen LogP contribution is 2.35. The molecule has 3 N–H and O–H groups in total. The highest BCUT2D eigenvalue weighted by Gasteiger charge is 2.25. The van der Waals surface area contributed by atoms with Gasteiger partial charge < -0.3 is 25.4 Å². The average molecular weight is 414 g/mol. The first-order valence-electron chi connectivity index (χ1n) is 9.29. The number of nitrogens with two attached hydrogens (primary N) is 1. The van der Waals surface area contributed by atoms with Gasteiger partial charge in [0.05, 0.1) is 19.2 Å². The van der Waals surface area contributed by atoms with E-state index >= 15 is 0 Å². The minimum atomic E-state index is -2.60. The van der Waals surface area contributed by atoms with Crippen molar-refractivity contribution in [3.8, 4) is 17.2 Å². The first kappa shape index (κ1) is 19.8. The number of benzene rings is 2. The van der Waals surface area contributed by atoms with Crippen molar-refractivity contribution in [1.82, 2.24) is 9.88 Å². The van der Waals surface area contributed by atoms with Gasteiger partial charge >= 0.3 is 6.03 Å². The highest BCUT2D eigenvalue weighted by atomic mass is 19.3. The number of rotatable bonds is 6. The van der Waals surface area contributed by atoms with Gasteiger partial charge in [-0.15, -0.1) is 0 Å². The number of anilines is 1. The molecule has 0 aliphatic carbocycles. The van der Waals surface area contributed by atoms with E-state index < -0.39 is 19.0 Å². The van der Waals surface area contributed by atoms with Gasteiger partial charge in [0.25, 0.3) is 6.43 Å². The Morgan fingerprint density at radius 3 is 2.80 bits per heavy atom. The first-order valence-corrected chi connectivity index (χ1v) is 9.29. The molecule has 156 valence electrons. The summed E-state index contributed by atoms with van der Waals surface area (Å²) < 4.78 is 36.9. The van der Waals surface area contributed by atoms with Crippen LogP contribution in [-0.4, -0.2) is 36.0 Å². The minimum Gasteiger partial charge on any atom is -0.496 e. The molecule has 30 heavy (non-hydrogen) atoms. The van der Waals surface area contributed by atoms with E-state index in [0.717, 1.165) is 15.8 Å². The zero-order chi connectivity index (χ0) is 21.3. The standard InChI is InChI=1S/C21H20F2N4O3/c1-29-19-8-17-15(7-12(19)9-24)18(4-5-25-17)30-14-2-3-16-13(6-14)10-27(11-20(22)23)21(28)26-16/h2-8,20H,9-11,24H2,1H3,(H,26,28). The topological polar surface area (TPSA) is 89.7 Å². The molecule has 1 aliphatic rings. The zero-order valence-electron chi connectivity index (χ0n) is 16.2. The van der Waals surface area contributed by atoms with E-state index in [4.69, 9.17) is 15.2 Å². The van der Waals surface area contributed by atoms with Crippen LogP contribution >= 0.6 is 0 Å². The van der Waals surface area contributed by atoms with Crippen molar-refractivity contribution in [1.29, 1.82) is 0 Å². The Hall–Kier alpha value is -3.46. The minimum absolute atomic E-state index is 0.0777. The number of amides is 2. The molecule has 2 heterocycles. The molecule has 0 saturated carbocycles. The van der Waals surface area contributed by atoms with Crippen LogP contribution in [0.25, 0.3) is 10.9 Å². The number of urea groups is 1. The first-order chi connectivity index (χ1) is 14.5. The predicted octanol–water partition coefficient (Wildman–Crippen LogP) is 4.11. The molecular weight excluding hydrogens is 394 g/mol. The molecule has 0 atom stereocenters. The quantitative estimate of drug-likeness (QED) is 0.634. The van der Waals surface area contributed by atoms with Crippen molar-refractivity contribution in [2.75, 3.05) is 19.0 Å². The van der Waals surface area contributed by atoms with E-state index in [1.807, 2.05) is 6.07 Å². The molecule has 0 saturated heterocycles. The molecule has 1 aromatic heterocycles. The van der Waals surface area contributed by atoms with Crippen molar-refractivity contribution in [2.24, 2.45) is 5.73 Å². The van der Waals surface area contributed by atoms with Gasteiger partial charge in [0.1, 0.15) is 17.2 Å². The number of aromatic nitrogens is 1. The number of halogens is 2. The number of pyridine rings is 1. The van der Waals surface area contributed by atoms with Gasteiger partial charge in [-0.25, -0.2) is 13.6 Å². The lowest BCUT2D eigenvalue weighted by atomic mass is 10.1. The fourth-order valence-corrected chi connectivity index (χ4v) is 3.43. The summed E-state index contributed by atoms with van der Waals surface area (Å²) in [5, 5.41) is 3.39. The van der Waals surface area contributed by atoms with Crippen molar-refractivity contribution >= 4 is 22.6 Å². The van der Waals surface area contributed by atoms with Gasteiger partial charge in [-0.2, -0.15) is 0 Å². The maximum absolute atomic E-state index is 12.7. The molecule has 0 unspecified atom stereocenters. The smallest absolute Gasteiger partial charge is 0.322 e.